The van der Waals surface area contributed by atoms with Crippen LogP contribution in [0.2, 0.25) is 0 Å². The zero-order valence-corrected chi connectivity index (χ0v) is 21.1. The van der Waals surface area contributed by atoms with E-state index >= 15 is 0 Å². The first kappa shape index (κ1) is 24.5. The molecule has 0 amide bonds. The molecule has 4 rings (SSSR count). The van der Waals surface area contributed by atoms with Gasteiger partial charge in [0.25, 0.3) is 0 Å². The van der Waals surface area contributed by atoms with Gasteiger partial charge < -0.3 is 14.5 Å². The summed E-state index contributed by atoms with van der Waals surface area (Å²) in [6.45, 7) is 12.2. The predicted octanol–water partition coefficient (Wildman–Crippen LogP) is 4.15. The molecule has 1 fully saturated rings. The molecule has 1 unspecified atom stereocenters. The average Bonchev–Trinajstić information content (AvgIpc) is 2.83. The third-order valence-corrected chi connectivity index (χ3v) is 6.01. The number of nitrogens with zero attached hydrogens (tertiary/aromatic N) is 7. The van der Waals surface area contributed by atoms with E-state index < -0.39 is 6.10 Å². The molecule has 0 spiro atoms. The first-order valence-corrected chi connectivity index (χ1v) is 12.1. The van der Waals surface area contributed by atoms with Crippen molar-refractivity contribution < 1.29 is 9.53 Å². The molecule has 0 saturated carbocycles. The Morgan fingerprint density at radius 1 is 1.09 bits per heavy atom. The third kappa shape index (κ3) is 5.72. The van der Waals surface area contributed by atoms with Crippen LogP contribution in [0, 0.1) is 6.92 Å². The van der Waals surface area contributed by atoms with Gasteiger partial charge in [-0.05, 0) is 40.2 Å². The van der Waals surface area contributed by atoms with Gasteiger partial charge in [-0.1, -0.05) is 37.3 Å². The van der Waals surface area contributed by atoms with Crippen LogP contribution >= 0.6 is 0 Å². The number of esters is 1. The molecule has 1 aliphatic heterocycles. The van der Waals surface area contributed by atoms with Crippen molar-refractivity contribution in [3.8, 4) is 11.4 Å². The highest BCUT2D eigenvalue weighted by Gasteiger charge is 2.36. The first-order chi connectivity index (χ1) is 16.8. The molecule has 1 aliphatic rings. The number of benzene rings is 1. The third-order valence-electron chi connectivity index (χ3n) is 6.01. The van der Waals surface area contributed by atoms with Gasteiger partial charge in [-0.25, -0.2) is 15.0 Å². The minimum atomic E-state index is -0.497. The molecule has 35 heavy (non-hydrogen) atoms. The van der Waals surface area contributed by atoms with Gasteiger partial charge in [0.2, 0.25) is 5.95 Å². The van der Waals surface area contributed by atoms with Crippen LogP contribution in [-0.2, 0) is 9.53 Å². The van der Waals surface area contributed by atoms with E-state index in [1.54, 1.807) is 6.20 Å². The molecule has 1 atom stereocenters. The number of ether oxygens (including phenoxy) is 1. The quantitative estimate of drug-likeness (QED) is 0.467. The van der Waals surface area contributed by atoms with Crippen LogP contribution in [0.3, 0.4) is 0 Å². The summed E-state index contributed by atoms with van der Waals surface area (Å²) in [5.41, 5.74) is 0.721. The van der Waals surface area contributed by atoms with E-state index in [4.69, 9.17) is 14.7 Å². The summed E-state index contributed by atoms with van der Waals surface area (Å²) < 4.78 is 5.49. The Morgan fingerprint density at radius 2 is 1.86 bits per heavy atom. The lowest BCUT2D eigenvalue weighted by molar-refractivity contribution is -0.149. The summed E-state index contributed by atoms with van der Waals surface area (Å²) in [4.78, 5) is 39.4. The number of aryl methyl sites for hydroxylation is 1. The minimum Gasteiger partial charge on any atom is -0.454 e. The zero-order valence-electron chi connectivity index (χ0n) is 21.1. The highest BCUT2D eigenvalue weighted by atomic mass is 16.5. The molecule has 1 saturated heterocycles. The largest absolute Gasteiger partial charge is 0.454 e. The Labute approximate surface area is 206 Å². The maximum Gasteiger partial charge on any atom is 0.306 e. The van der Waals surface area contributed by atoms with Crippen molar-refractivity contribution in [2.24, 2.45) is 0 Å². The summed E-state index contributed by atoms with van der Waals surface area (Å²) >= 11 is 0. The Balaban J connectivity index is 1.52. The first-order valence-electron chi connectivity index (χ1n) is 12.1. The summed E-state index contributed by atoms with van der Waals surface area (Å²) in [6.07, 6.45) is 2.37. The maximum atomic E-state index is 11.9. The lowest BCUT2D eigenvalue weighted by atomic mass is 9.99. The SMILES string of the molecule is CCCC(=O)OC(C)c1nccc(N2CCN(c3nc(C)nc(-c4ccccc4)n3)CC2(C)C)n1. The van der Waals surface area contributed by atoms with Gasteiger partial charge >= 0.3 is 5.97 Å². The van der Waals surface area contributed by atoms with E-state index in [2.05, 4.69) is 38.6 Å². The highest BCUT2D eigenvalue weighted by molar-refractivity contribution is 5.69. The van der Waals surface area contributed by atoms with Gasteiger partial charge in [-0.15, -0.1) is 0 Å². The van der Waals surface area contributed by atoms with Crippen LogP contribution in [-0.4, -0.2) is 56.1 Å². The van der Waals surface area contributed by atoms with Crippen LogP contribution in [0.1, 0.15) is 58.3 Å². The number of aromatic nitrogens is 5. The van der Waals surface area contributed by atoms with Gasteiger partial charge in [0.15, 0.2) is 17.8 Å². The molecular weight excluding hydrogens is 442 g/mol. The van der Waals surface area contributed by atoms with E-state index in [0.717, 1.165) is 30.9 Å². The van der Waals surface area contributed by atoms with Crippen molar-refractivity contribution in [2.75, 3.05) is 29.4 Å². The number of hydrogen-bond donors (Lipinski definition) is 0. The van der Waals surface area contributed by atoms with Crippen molar-refractivity contribution in [1.82, 2.24) is 24.9 Å². The van der Waals surface area contributed by atoms with Gasteiger partial charge in [0.05, 0.1) is 5.54 Å². The standard InChI is InChI=1S/C26H33N7O2/c1-6-10-22(34)35-18(2)23-27-14-13-21(30-23)33-16-15-32(17-26(33,4)5)25-29-19(3)28-24(31-25)20-11-8-7-9-12-20/h7-9,11-14,18H,6,10,15-17H2,1-5H3. The summed E-state index contributed by atoms with van der Waals surface area (Å²) in [5.74, 6) is 3.15. The fourth-order valence-corrected chi connectivity index (χ4v) is 4.30. The monoisotopic (exact) mass is 475 g/mol. The normalized spacial score (nSPS) is 16.1. The molecule has 0 aliphatic carbocycles. The van der Waals surface area contributed by atoms with E-state index in [1.807, 2.05) is 57.2 Å². The van der Waals surface area contributed by atoms with Crippen molar-refractivity contribution in [2.45, 2.75) is 59.1 Å². The van der Waals surface area contributed by atoms with E-state index in [1.165, 1.54) is 0 Å². The molecule has 3 heterocycles. The van der Waals surface area contributed by atoms with Gasteiger partial charge in [0.1, 0.15) is 11.6 Å². The summed E-state index contributed by atoms with van der Waals surface area (Å²) in [5, 5.41) is 0. The molecule has 9 nitrogen and oxygen atoms in total. The minimum absolute atomic E-state index is 0.231. The molecule has 9 heteroatoms. The van der Waals surface area contributed by atoms with Crippen molar-refractivity contribution >= 4 is 17.7 Å². The molecule has 0 bridgehead atoms. The van der Waals surface area contributed by atoms with Crippen LogP contribution < -0.4 is 9.80 Å². The second-order valence-electron chi connectivity index (χ2n) is 9.41. The highest BCUT2D eigenvalue weighted by Crippen LogP contribution is 2.29. The second-order valence-corrected chi connectivity index (χ2v) is 9.41. The number of piperazine rings is 1. The Kier molecular flexibility index (Phi) is 7.23. The lowest BCUT2D eigenvalue weighted by Gasteiger charge is -2.47. The number of rotatable bonds is 7. The fraction of sp³-hybridized carbons (Fsp3) is 0.462. The molecular formula is C26H33N7O2. The van der Waals surface area contributed by atoms with Gasteiger partial charge in [-0.2, -0.15) is 9.97 Å². The molecule has 0 N–H and O–H groups in total. The van der Waals surface area contributed by atoms with Crippen molar-refractivity contribution in [3.05, 3.63) is 54.2 Å². The molecule has 184 valence electrons. The maximum absolute atomic E-state index is 11.9. The number of anilines is 2. The Morgan fingerprint density at radius 3 is 2.57 bits per heavy atom. The van der Waals surface area contributed by atoms with Crippen LogP contribution in [0.15, 0.2) is 42.6 Å². The number of hydrogen-bond acceptors (Lipinski definition) is 9. The van der Waals surface area contributed by atoms with Crippen LogP contribution in [0.5, 0.6) is 0 Å². The number of carbonyl (C=O) groups is 1. The smallest absolute Gasteiger partial charge is 0.306 e. The van der Waals surface area contributed by atoms with Crippen LogP contribution in [0.25, 0.3) is 11.4 Å². The van der Waals surface area contributed by atoms with E-state index in [-0.39, 0.29) is 11.5 Å². The predicted molar refractivity (Wildman–Crippen MR) is 135 cm³/mol. The Hall–Kier alpha value is -3.62. The Bertz CT molecular complexity index is 1170. The summed E-state index contributed by atoms with van der Waals surface area (Å²) in [6, 6.07) is 11.9. The van der Waals surface area contributed by atoms with E-state index in [9.17, 15) is 4.79 Å². The lowest BCUT2D eigenvalue weighted by Crippen LogP contribution is -2.60. The zero-order chi connectivity index (χ0) is 25.0. The average molecular weight is 476 g/mol. The van der Waals surface area contributed by atoms with Gasteiger partial charge in [-0.3, -0.25) is 4.79 Å². The van der Waals surface area contributed by atoms with Crippen molar-refractivity contribution in [3.63, 3.8) is 0 Å². The second kappa shape index (κ2) is 10.3. The van der Waals surface area contributed by atoms with Crippen molar-refractivity contribution in [1.29, 1.82) is 0 Å². The van der Waals surface area contributed by atoms with Crippen LogP contribution in [0.4, 0.5) is 11.8 Å². The van der Waals surface area contributed by atoms with E-state index in [0.29, 0.717) is 36.4 Å². The van der Waals surface area contributed by atoms with Gasteiger partial charge in [0, 0.05) is 37.8 Å². The molecule has 1 aromatic carbocycles. The summed E-state index contributed by atoms with van der Waals surface area (Å²) in [7, 11) is 0. The molecule has 3 aromatic rings. The fourth-order valence-electron chi connectivity index (χ4n) is 4.30. The number of carbonyl (C=O) groups excluding carboxylic acids is 1. The molecule has 0 radical (unpaired) electrons. The topological polar surface area (TPSA) is 97.2 Å². The molecule has 2 aromatic heterocycles.